The molecule has 27 heavy (non-hydrogen) atoms. The molecule has 1 aromatic carbocycles. The molecule has 0 saturated heterocycles. The van der Waals surface area contributed by atoms with E-state index in [0.717, 1.165) is 22.0 Å². The van der Waals surface area contributed by atoms with E-state index in [1.165, 1.54) is 6.08 Å². The van der Waals surface area contributed by atoms with Crippen molar-refractivity contribution in [3.8, 4) is 5.75 Å². The van der Waals surface area contributed by atoms with E-state index in [1.54, 1.807) is 24.3 Å². The van der Waals surface area contributed by atoms with Crippen molar-refractivity contribution in [3.63, 3.8) is 0 Å². The summed E-state index contributed by atoms with van der Waals surface area (Å²) in [5, 5.41) is 9.50. The summed E-state index contributed by atoms with van der Waals surface area (Å²) in [5.74, 6) is 1.69. The van der Waals surface area contributed by atoms with Crippen LogP contribution in [0.25, 0.3) is 6.08 Å². The minimum atomic E-state index is -0.175. The van der Waals surface area contributed by atoms with E-state index >= 15 is 0 Å². The zero-order chi connectivity index (χ0) is 19.1. The second kappa shape index (κ2) is 9.09. The lowest BCUT2D eigenvalue weighted by Gasteiger charge is -2.04. The van der Waals surface area contributed by atoms with Gasteiger partial charge in [0.05, 0.1) is 10.7 Å². The Morgan fingerprint density at radius 1 is 1.26 bits per heavy atom. The van der Waals surface area contributed by atoms with Gasteiger partial charge in [-0.2, -0.15) is 4.98 Å². The van der Waals surface area contributed by atoms with Crippen molar-refractivity contribution in [1.29, 1.82) is 0 Å². The first kappa shape index (κ1) is 18.8. The fraction of sp³-hybridized carbons (Fsp3) is 0.263. The van der Waals surface area contributed by atoms with Crippen LogP contribution >= 0.6 is 11.3 Å². The third-order valence-corrected chi connectivity index (χ3v) is 4.39. The maximum Gasteiger partial charge on any atom is 0.244 e. The second-order valence-electron chi connectivity index (χ2n) is 5.83. The number of nitrogens with one attached hydrogen (secondary N) is 1. The topological polar surface area (TPSA) is 90.1 Å². The van der Waals surface area contributed by atoms with Crippen molar-refractivity contribution in [2.75, 3.05) is 6.54 Å². The molecule has 0 saturated carbocycles. The van der Waals surface area contributed by atoms with Gasteiger partial charge in [-0.3, -0.25) is 4.79 Å². The number of nitrogens with zero attached hydrogens (tertiary/aromatic N) is 3. The average molecular weight is 384 g/mol. The van der Waals surface area contributed by atoms with Crippen molar-refractivity contribution < 1.29 is 14.1 Å². The van der Waals surface area contributed by atoms with Crippen LogP contribution in [0.2, 0.25) is 0 Å². The largest absolute Gasteiger partial charge is 0.487 e. The molecule has 2 heterocycles. The minimum Gasteiger partial charge on any atom is -0.487 e. The molecule has 0 unspecified atom stereocenters. The summed E-state index contributed by atoms with van der Waals surface area (Å²) < 4.78 is 10.7. The van der Waals surface area contributed by atoms with Crippen LogP contribution < -0.4 is 10.1 Å². The SMILES string of the molecule is Cc1noc(CCNC(=O)/C=C/c2ccc(OCc3csc(C)n3)cc2)n1. The summed E-state index contributed by atoms with van der Waals surface area (Å²) in [6.45, 7) is 4.61. The van der Waals surface area contributed by atoms with Gasteiger partial charge >= 0.3 is 0 Å². The number of aryl methyl sites for hydroxylation is 2. The summed E-state index contributed by atoms with van der Waals surface area (Å²) >= 11 is 1.61. The van der Waals surface area contributed by atoms with Crippen LogP contribution in [0.1, 0.15) is 28.0 Å². The average Bonchev–Trinajstić information content (AvgIpc) is 3.27. The number of hydrogen-bond donors (Lipinski definition) is 1. The molecule has 1 amide bonds. The van der Waals surface area contributed by atoms with Gasteiger partial charge in [0.2, 0.25) is 11.8 Å². The van der Waals surface area contributed by atoms with Crippen LogP contribution in [-0.4, -0.2) is 27.6 Å². The van der Waals surface area contributed by atoms with Crippen LogP contribution in [0.15, 0.2) is 40.2 Å². The van der Waals surface area contributed by atoms with Crippen LogP contribution in [0.5, 0.6) is 5.75 Å². The maximum absolute atomic E-state index is 11.8. The molecule has 3 aromatic rings. The molecule has 8 heteroatoms. The zero-order valence-electron chi connectivity index (χ0n) is 15.1. The Labute approximate surface area is 161 Å². The highest BCUT2D eigenvalue weighted by molar-refractivity contribution is 7.09. The van der Waals surface area contributed by atoms with E-state index in [2.05, 4.69) is 20.4 Å². The highest BCUT2D eigenvalue weighted by Crippen LogP contribution is 2.16. The quantitative estimate of drug-likeness (QED) is 0.600. The molecule has 0 aliphatic rings. The Bertz CT molecular complexity index is 915. The van der Waals surface area contributed by atoms with E-state index < -0.39 is 0 Å². The van der Waals surface area contributed by atoms with Crippen LogP contribution in [0, 0.1) is 13.8 Å². The van der Waals surface area contributed by atoms with Gasteiger partial charge in [0, 0.05) is 24.4 Å². The lowest BCUT2D eigenvalue weighted by atomic mass is 10.2. The number of hydrogen-bond acceptors (Lipinski definition) is 7. The summed E-state index contributed by atoms with van der Waals surface area (Å²) in [4.78, 5) is 20.3. The van der Waals surface area contributed by atoms with Gasteiger partial charge in [-0.1, -0.05) is 17.3 Å². The third kappa shape index (κ3) is 6.03. The predicted molar refractivity (Wildman–Crippen MR) is 102 cm³/mol. The maximum atomic E-state index is 11.8. The van der Waals surface area contributed by atoms with Crippen LogP contribution in [0.4, 0.5) is 0 Å². The second-order valence-corrected chi connectivity index (χ2v) is 6.89. The van der Waals surface area contributed by atoms with Crippen molar-refractivity contribution in [2.45, 2.75) is 26.9 Å². The molecular weight excluding hydrogens is 364 g/mol. The summed E-state index contributed by atoms with van der Waals surface area (Å²) in [6, 6.07) is 7.53. The summed E-state index contributed by atoms with van der Waals surface area (Å²) in [7, 11) is 0. The first-order chi connectivity index (χ1) is 13.1. The van der Waals surface area contributed by atoms with Crippen LogP contribution in [0.3, 0.4) is 0 Å². The molecule has 0 bridgehead atoms. The first-order valence-corrected chi connectivity index (χ1v) is 9.35. The molecule has 1 N–H and O–H groups in total. The molecule has 0 aliphatic heterocycles. The highest BCUT2D eigenvalue weighted by atomic mass is 32.1. The number of ether oxygens (including phenoxy) is 1. The molecule has 0 aliphatic carbocycles. The Morgan fingerprint density at radius 2 is 2.07 bits per heavy atom. The fourth-order valence-electron chi connectivity index (χ4n) is 2.27. The number of carbonyl (C=O) groups is 1. The monoisotopic (exact) mass is 384 g/mol. The van der Waals surface area contributed by atoms with Crippen molar-refractivity contribution in [2.24, 2.45) is 0 Å². The third-order valence-electron chi connectivity index (χ3n) is 3.57. The lowest BCUT2D eigenvalue weighted by Crippen LogP contribution is -2.23. The molecular formula is C19H20N4O3S. The number of carbonyl (C=O) groups excluding carboxylic acids is 1. The van der Waals surface area contributed by atoms with Crippen molar-refractivity contribution in [1.82, 2.24) is 20.4 Å². The first-order valence-electron chi connectivity index (χ1n) is 8.47. The van der Waals surface area contributed by atoms with Gasteiger partial charge in [0.15, 0.2) is 5.82 Å². The van der Waals surface area contributed by atoms with Gasteiger partial charge in [-0.25, -0.2) is 4.98 Å². The molecule has 7 nitrogen and oxygen atoms in total. The predicted octanol–water partition coefficient (Wildman–Crippen LogP) is 3.09. The Balaban J connectivity index is 1.42. The Kier molecular flexibility index (Phi) is 6.32. The Morgan fingerprint density at radius 3 is 2.74 bits per heavy atom. The van der Waals surface area contributed by atoms with Gasteiger partial charge < -0.3 is 14.6 Å². The number of amides is 1. The molecule has 0 spiro atoms. The van der Waals surface area contributed by atoms with Crippen LogP contribution in [-0.2, 0) is 17.8 Å². The molecule has 140 valence electrons. The van der Waals surface area contributed by atoms with E-state index in [1.807, 2.05) is 36.6 Å². The highest BCUT2D eigenvalue weighted by Gasteiger charge is 2.03. The number of thiazole rings is 1. The normalized spacial score (nSPS) is 11.0. The van der Waals surface area contributed by atoms with E-state index in [4.69, 9.17) is 9.26 Å². The van der Waals surface area contributed by atoms with E-state index in [-0.39, 0.29) is 5.91 Å². The molecule has 3 rings (SSSR count). The molecule has 2 aromatic heterocycles. The standard InChI is InChI=1S/C19H20N4O3S/c1-13-21-19(26-23-13)9-10-20-18(24)8-5-15-3-6-17(7-4-15)25-11-16-12-27-14(2)22-16/h3-8,12H,9-11H2,1-2H3,(H,20,24)/b8-5+. The number of rotatable bonds is 8. The summed E-state index contributed by atoms with van der Waals surface area (Å²) in [6.07, 6.45) is 3.75. The molecule has 0 radical (unpaired) electrons. The Hall–Kier alpha value is -3.00. The van der Waals surface area contributed by atoms with Gasteiger partial charge in [0.25, 0.3) is 0 Å². The smallest absolute Gasteiger partial charge is 0.244 e. The summed E-state index contributed by atoms with van der Waals surface area (Å²) in [5.41, 5.74) is 1.84. The van der Waals surface area contributed by atoms with E-state index in [9.17, 15) is 4.79 Å². The lowest BCUT2D eigenvalue weighted by molar-refractivity contribution is -0.116. The molecule has 0 fully saturated rings. The van der Waals surface area contributed by atoms with E-state index in [0.29, 0.717) is 31.3 Å². The van der Waals surface area contributed by atoms with Gasteiger partial charge in [-0.15, -0.1) is 11.3 Å². The minimum absolute atomic E-state index is 0.175. The van der Waals surface area contributed by atoms with Gasteiger partial charge in [-0.05, 0) is 37.6 Å². The fourth-order valence-corrected chi connectivity index (χ4v) is 2.87. The number of aromatic nitrogens is 3. The zero-order valence-corrected chi connectivity index (χ0v) is 16.0. The van der Waals surface area contributed by atoms with Gasteiger partial charge in [0.1, 0.15) is 12.4 Å². The van der Waals surface area contributed by atoms with Crippen molar-refractivity contribution >= 4 is 23.3 Å². The number of benzene rings is 1. The molecule has 0 atom stereocenters. The van der Waals surface area contributed by atoms with Crippen molar-refractivity contribution in [3.05, 3.63) is 63.7 Å².